The maximum atomic E-state index is 7.63. The molecule has 1 aliphatic heterocycles. The molecule has 12 heavy (non-hydrogen) atoms. The molecule has 0 bridgehead atoms. The second-order valence-corrected chi connectivity index (χ2v) is 2.93. The lowest BCUT2D eigenvalue weighted by atomic mass is 10.0. The van der Waals surface area contributed by atoms with Gasteiger partial charge in [-0.05, 0) is 13.3 Å². The van der Waals surface area contributed by atoms with Crippen molar-refractivity contribution in [2.45, 2.75) is 13.3 Å². The maximum Gasteiger partial charge on any atom is 0.0387 e. The number of nitrogens with one attached hydrogen (secondary N) is 1. The van der Waals surface area contributed by atoms with Crippen LogP contribution in [0.3, 0.4) is 0 Å². The van der Waals surface area contributed by atoms with Crippen molar-refractivity contribution in [1.82, 2.24) is 4.90 Å². The zero-order valence-corrected chi connectivity index (χ0v) is 7.51. The Morgan fingerprint density at radius 3 is 3.08 bits per heavy atom. The predicted octanol–water partition coefficient (Wildman–Crippen LogP) is 1.32. The normalized spacial score (nSPS) is 23.1. The van der Waals surface area contributed by atoms with E-state index >= 15 is 0 Å². The molecule has 1 N–H and O–H groups in total. The smallest absolute Gasteiger partial charge is 0.0387 e. The van der Waals surface area contributed by atoms with Crippen molar-refractivity contribution in [3.05, 3.63) is 11.8 Å². The van der Waals surface area contributed by atoms with Gasteiger partial charge in [0, 0.05) is 37.0 Å². The maximum absolute atomic E-state index is 7.63. The molecule has 0 amide bonds. The van der Waals surface area contributed by atoms with Gasteiger partial charge in [0.25, 0.3) is 0 Å². The lowest BCUT2D eigenvalue weighted by Crippen LogP contribution is -2.35. The Morgan fingerprint density at radius 1 is 1.75 bits per heavy atom. The van der Waals surface area contributed by atoms with Crippen LogP contribution in [0.2, 0.25) is 0 Å². The average molecular weight is 165 g/mol. The molecule has 1 aliphatic rings. The lowest BCUT2D eigenvalue weighted by Gasteiger charge is -2.27. The molecule has 0 aromatic rings. The van der Waals surface area contributed by atoms with Crippen LogP contribution in [0.1, 0.15) is 13.3 Å². The highest BCUT2D eigenvalue weighted by Crippen LogP contribution is 2.11. The number of hydrogen-bond donors (Lipinski definition) is 1. The van der Waals surface area contributed by atoms with Gasteiger partial charge < -0.3 is 5.41 Å². The van der Waals surface area contributed by atoms with Gasteiger partial charge in [0.05, 0.1) is 0 Å². The number of likely N-dealkylation sites (N-methyl/N-ethyl adjacent to an activating group) is 1. The summed E-state index contributed by atoms with van der Waals surface area (Å²) in [5.74, 6) is 0. The highest BCUT2D eigenvalue weighted by atomic mass is 15.1. The topological polar surface area (TPSA) is 39.5 Å². The molecule has 3 heteroatoms. The van der Waals surface area contributed by atoms with Crippen LogP contribution in [0.15, 0.2) is 16.8 Å². The number of nitrogens with zero attached hydrogens (tertiary/aromatic N) is 2. The standard InChI is InChI=1S/C9H15N3/c1-3-12-5-4-9(10)8(7-12)6-11-2/h6,10H,2-5,7H2,1H3/b8-6-,10-9?. The molecule has 0 unspecified atom stereocenters. The highest BCUT2D eigenvalue weighted by Gasteiger charge is 2.16. The molecule has 0 radical (unpaired) electrons. The van der Waals surface area contributed by atoms with Gasteiger partial charge in [-0.15, -0.1) is 0 Å². The Labute approximate surface area is 73.3 Å². The van der Waals surface area contributed by atoms with Gasteiger partial charge in [-0.25, -0.2) is 0 Å². The second kappa shape index (κ2) is 4.16. The van der Waals surface area contributed by atoms with E-state index < -0.39 is 0 Å². The average Bonchev–Trinajstić information content (AvgIpc) is 2.09. The van der Waals surface area contributed by atoms with Crippen LogP contribution in [0.4, 0.5) is 0 Å². The highest BCUT2D eigenvalue weighted by molar-refractivity contribution is 5.98. The van der Waals surface area contributed by atoms with Crippen molar-refractivity contribution in [3.8, 4) is 0 Å². The van der Waals surface area contributed by atoms with Crippen LogP contribution < -0.4 is 0 Å². The molecule has 0 aromatic heterocycles. The van der Waals surface area contributed by atoms with E-state index in [9.17, 15) is 0 Å². The van der Waals surface area contributed by atoms with E-state index in [0.29, 0.717) is 5.71 Å². The molecule has 1 saturated heterocycles. The first kappa shape index (κ1) is 9.13. The molecule has 0 atom stereocenters. The molecular weight excluding hydrogens is 150 g/mol. The van der Waals surface area contributed by atoms with Crippen LogP contribution >= 0.6 is 0 Å². The minimum absolute atomic E-state index is 0.715. The van der Waals surface area contributed by atoms with E-state index in [4.69, 9.17) is 5.41 Å². The summed E-state index contributed by atoms with van der Waals surface area (Å²) < 4.78 is 0. The Morgan fingerprint density at radius 2 is 2.50 bits per heavy atom. The fourth-order valence-electron chi connectivity index (χ4n) is 1.34. The molecule has 0 spiro atoms. The Balaban J connectivity index is 2.65. The number of piperidine rings is 1. The summed E-state index contributed by atoms with van der Waals surface area (Å²) in [6.07, 6.45) is 2.54. The Hall–Kier alpha value is -0.960. The summed E-state index contributed by atoms with van der Waals surface area (Å²) in [6.45, 7) is 8.43. The van der Waals surface area contributed by atoms with Crippen LogP contribution in [-0.4, -0.2) is 37.0 Å². The van der Waals surface area contributed by atoms with E-state index in [1.165, 1.54) is 0 Å². The van der Waals surface area contributed by atoms with E-state index in [2.05, 4.69) is 23.5 Å². The molecule has 0 aliphatic carbocycles. The summed E-state index contributed by atoms with van der Waals surface area (Å²) in [4.78, 5) is 6.00. The fourth-order valence-corrected chi connectivity index (χ4v) is 1.34. The van der Waals surface area contributed by atoms with Crippen LogP contribution in [0, 0.1) is 5.41 Å². The summed E-state index contributed by atoms with van der Waals surface area (Å²) in [5, 5.41) is 7.63. The number of rotatable bonds is 2. The van der Waals surface area contributed by atoms with E-state index in [1.54, 1.807) is 6.20 Å². The zero-order chi connectivity index (χ0) is 8.97. The van der Waals surface area contributed by atoms with Crippen LogP contribution in [0.5, 0.6) is 0 Å². The van der Waals surface area contributed by atoms with Gasteiger partial charge in [0.15, 0.2) is 0 Å². The third-order valence-corrected chi connectivity index (χ3v) is 2.15. The molecule has 3 nitrogen and oxygen atoms in total. The molecular formula is C9H15N3. The van der Waals surface area contributed by atoms with Gasteiger partial charge in [-0.2, -0.15) is 0 Å². The minimum atomic E-state index is 0.715. The minimum Gasteiger partial charge on any atom is -0.305 e. The molecule has 0 saturated carbocycles. The van der Waals surface area contributed by atoms with Crippen LogP contribution in [0.25, 0.3) is 0 Å². The Kier molecular flexibility index (Phi) is 3.17. The molecule has 0 aromatic carbocycles. The first-order valence-corrected chi connectivity index (χ1v) is 4.23. The van der Waals surface area contributed by atoms with Crippen molar-refractivity contribution in [1.29, 1.82) is 5.41 Å². The first-order chi connectivity index (χ1) is 5.77. The largest absolute Gasteiger partial charge is 0.305 e. The van der Waals surface area contributed by atoms with Gasteiger partial charge in [-0.1, -0.05) is 6.92 Å². The molecule has 1 heterocycles. The van der Waals surface area contributed by atoms with Crippen LogP contribution in [-0.2, 0) is 0 Å². The van der Waals surface area contributed by atoms with Gasteiger partial charge in [0.1, 0.15) is 0 Å². The number of hydrogen-bond acceptors (Lipinski definition) is 3. The monoisotopic (exact) mass is 165 g/mol. The summed E-state index contributed by atoms with van der Waals surface area (Å²) in [6, 6.07) is 0. The van der Waals surface area contributed by atoms with E-state index in [-0.39, 0.29) is 0 Å². The van der Waals surface area contributed by atoms with Crippen molar-refractivity contribution in [3.63, 3.8) is 0 Å². The fraction of sp³-hybridized carbons (Fsp3) is 0.556. The first-order valence-electron chi connectivity index (χ1n) is 4.23. The Bertz CT molecular complexity index is 218. The third kappa shape index (κ3) is 2.01. The van der Waals surface area contributed by atoms with Gasteiger partial charge >= 0.3 is 0 Å². The summed E-state index contributed by atoms with van der Waals surface area (Å²) >= 11 is 0. The van der Waals surface area contributed by atoms with Crippen molar-refractivity contribution >= 4 is 12.4 Å². The molecule has 66 valence electrons. The second-order valence-electron chi connectivity index (χ2n) is 2.93. The predicted molar refractivity (Wildman–Crippen MR) is 52.1 cm³/mol. The third-order valence-electron chi connectivity index (χ3n) is 2.15. The molecule has 1 rings (SSSR count). The molecule has 1 fully saturated rings. The van der Waals surface area contributed by atoms with Gasteiger partial charge in [-0.3, -0.25) is 9.89 Å². The van der Waals surface area contributed by atoms with E-state index in [1.807, 2.05) is 0 Å². The quantitative estimate of drug-likeness (QED) is 0.616. The number of likely N-dealkylation sites (tertiary alicyclic amines) is 1. The zero-order valence-electron chi connectivity index (χ0n) is 7.51. The SMILES string of the molecule is C=N/C=C1/CN(CC)CCC1=N. The lowest BCUT2D eigenvalue weighted by molar-refractivity contribution is 0.314. The number of aliphatic imine (C=N–C) groups is 1. The van der Waals surface area contributed by atoms with Crippen molar-refractivity contribution < 1.29 is 0 Å². The van der Waals surface area contributed by atoms with Crippen molar-refractivity contribution in [2.75, 3.05) is 19.6 Å². The van der Waals surface area contributed by atoms with Gasteiger partial charge in [0.2, 0.25) is 0 Å². The van der Waals surface area contributed by atoms with Crippen molar-refractivity contribution in [2.24, 2.45) is 4.99 Å². The summed E-state index contributed by atoms with van der Waals surface area (Å²) in [7, 11) is 0. The summed E-state index contributed by atoms with van der Waals surface area (Å²) in [5.41, 5.74) is 1.73. The van der Waals surface area contributed by atoms with E-state index in [0.717, 1.165) is 31.6 Å².